The fraction of sp³-hybridized carbons (Fsp3) is 0.273. The van der Waals surface area contributed by atoms with Gasteiger partial charge in [-0.25, -0.2) is 4.68 Å². The zero-order chi connectivity index (χ0) is 13.8. The van der Waals surface area contributed by atoms with Crippen LogP contribution in [0.5, 0.6) is 5.75 Å². The van der Waals surface area contributed by atoms with Crippen LogP contribution in [-0.2, 0) is 6.54 Å². The van der Waals surface area contributed by atoms with Crippen LogP contribution < -0.4 is 10.5 Å². The largest absolute Gasteiger partial charge is 0.489 e. The SMILES string of the molecule is CSc1nc(N)n(CCOc2c(Cl)cccc2Cl)n1. The molecule has 1 aromatic carbocycles. The van der Waals surface area contributed by atoms with Crippen LogP contribution >= 0.6 is 35.0 Å². The van der Waals surface area contributed by atoms with E-state index in [1.54, 1.807) is 22.9 Å². The van der Waals surface area contributed by atoms with Gasteiger partial charge < -0.3 is 10.5 Å². The molecule has 5 nitrogen and oxygen atoms in total. The number of ether oxygens (including phenoxy) is 1. The number of aromatic nitrogens is 3. The molecule has 0 radical (unpaired) electrons. The van der Waals surface area contributed by atoms with E-state index in [1.165, 1.54) is 11.8 Å². The van der Waals surface area contributed by atoms with Crippen molar-refractivity contribution in [2.45, 2.75) is 11.7 Å². The maximum absolute atomic E-state index is 6.00. The Morgan fingerprint density at radius 3 is 2.63 bits per heavy atom. The van der Waals surface area contributed by atoms with Gasteiger partial charge in [0.05, 0.1) is 16.6 Å². The lowest BCUT2D eigenvalue weighted by atomic mass is 10.3. The smallest absolute Gasteiger partial charge is 0.219 e. The Morgan fingerprint density at radius 2 is 2.05 bits per heavy atom. The highest BCUT2D eigenvalue weighted by atomic mass is 35.5. The Bertz CT molecular complexity index is 556. The Morgan fingerprint density at radius 1 is 1.37 bits per heavy atom. The molecule has 8 heteroatoms. The van der Waals surface area contributed by atoms with Crippen LogP contribution in [0, 0.1) is 0 Å². The minimum Gasteiger partial charge on any atom is -0.489 e. The summed E-state index contributed by atoms with van der Waals surface area (Å²) in [4.78, 5) is 4.07. The van der Waals surface area contributed by atoms with Gasteiger partial charge in [0.2, 0.25) is 11.1 Å². The number of hydrogen-bond donors (Lipinski definition) is 1. The molecule has 0 aliphatic carbocycles. The standard InChI is InChI=1S/C11H12Cl2N4OS/c1-19-11-15-10(14)17(16-11)5-6-18-9-7(12)3-2-4-8(9)13/h2-4H,5-6H2,1H3,(H2,14,15,16). The number of para-hydroxylation sites is 1. The van der Waals surface area contributed by atoms with Gasteiger partial charge >= 0.3 is 0 Å². The van der Waals surface area contributed by atoms with E-state index in [0.717, 1.165) is 0 Å². The van der Waals surface area contributed by atoms with Gasteiger partial charge in [0.15, 0.2) is 5.75 Å². The summed E-state index contributed by atoms with van der Waals surface area (Å²) < 4.78 is 7.13. The lowest BCUT2D eigenvalue weighted by molar-refractivity contribution is 0.292. The molecule has 2 rings (SSSR count). The molecule has 0 amide bonds. The van der Waals surface area contributed by atoms with E-state index in [-0.39, 0.29) is 0 Å². The second-order valence-corrected chi connectivity index (χ2v) is 5.17. The molecule has 0 spiro atoms. The van der Waals surface area contributed by atoms with Crippen molar-refractivity contribution < 1.29 is 4.74 Å². The van der Waals surface area contributed by atoms with Crippen molar-refractivity contribution >= 4 is 40.9 Å². The third-order valence-electron chi connectivity index (χ3n) is 2.33. The normalized spacial score (nSPS) is 10.7. The number of benzene rings is 1. The Hall–Kier alpha value is -1.11. The molecule has 0 atom stereocenters. The molecule has 0 fully saturated rings. The van der Waals surface area contributed by atoms with Gasteiger partial charge in [-0.2, -0.15) is 4.98 Å². The maximum atomic E-state index is 6.00. The molecular weight excluding hydrogens is 307 g/mol. The first-order valence-electron chi connectivity index (χ1n) is 5.43. The number of thioether (sulfide) groups is 1. The quantitative estimate of drug-likeness (QED) is 0.858. The highest BCUT2D eigenvalue weighted by Crippen LogP contribution is 2.32. The van der Waals surface area contributed by atoms with Gasteiger partial charge in [-0.15, -0.1) is 5.10 Å². The van der Waals surface area contributed by atoms with Crippen LogP contribution in [0.15, 0.2) is 23.4 Å². The van der Waals surface area contributed by atoms with E-state index in [0.29, 0.717) is 40.1 Å². The molecule has 102 valence electrons. The third kappa shape index (κ3) is 3.46. The predicted molar refractivity (Wildman–Crippen MR) is 78.2 cm³/mol. The summed E-state index contributed by atoms with van der Waals surface area (Å²) in [5, 5.41) is 5.79. The van der Waals surface area contributed by atoms with Gasteiger partial charge in [0.25, 0.3) is 0 Å². The number of anilines is 1. The molecule has 0 saturated heterocycles. The van der Waals surface area contributed by atoms with Crippen molar-refractivity contribution in [1.29, 1.82) is 0 Å². The first kappa shape index (κ1) is 14.3. The Kier molecular flexibility index (Phi) is 4.79. The summed E-state index contributed by atoms with van der Waals surface area (Å²) in [7, 11) is 0. The monoisotopic (exact) mass is 318 g/mol. The highest BCUT2D eigenvalue weighted by Gasteiger charge is 2.08. The molecule has 1 aromatic heterocycles. The molecule has 0 aliphatic heterocycles. The minimum atomic E-state index is 0.352. The van der Waals surface area contributed by atoms with Crippen LogP contribution in [0.2, 0.25) is 10.0 Å². The van der Waals surface area contributed by atoms with E-state index in [2.05, 4.69) is 10.1 Å². The number of nitrogen functional groups attached to an aromatic ring is 1. The van der Waals surface area contributed by atoms with E-state index in [1.807, 2.05) is 6.26 Å². The Labute approximate surface area is 125 Å². The second-order valence-electron chi connectivity index (χ2n) is 3.58. The molecule has 19 heavy (non-hydrogen) atoms. The Balaban J connectivity index is 1.98. The van der Waals surface area contributed by atoms with Crippen molar-refractivity contribution in [3.63, 3.8) is 0 Å². The fourth-order valence-electron chi connectivity index (χ4n) is 1.44. The minimum absolute atomic E-state index is 0.352. The van der Waals surface area contributed by atoms with Crippen LogP contribution in [0.25, 0.3) is 0 Å². The topological polar surface area (TPSA) is 66.0 Å². The van der Waals surface area contributed by atoms with Crippen molar-refractivity contribution in [3.05, 3.63) is 28.2 Å². The molecule has 0 saturated carbocycles. The highest BCUT2D eigenvalue weighted by molar-refractivity contribution is 7.98. The second kappa shape index (κ2) is 6.36. The van der Waals surface area contributed by atoms with Crippen LogP contribution in [0.4, 0.5) is 5.95 Å². The molecule has 2 N–H and O–H groups in total. The number of nitrogens with zero attached hydrogens (tertiary/aromatic N) is 3. The van der Waals surface area contributed by atoms with Gasteiger partial charge in [-0.05, 0) is 18.4 Å². The summed E-state index contributed by atoms with van der Waals surface area (Å²) in [5.74, 6) is 0.827. The fourth-order valence-corrected chi connectivity index (χ4v) is 2.31. The summed E-state index contributed by atoms with van der Waals surface area (Å²) in [6, 6.07) is 5.20. The van der Waals surface area contributed by atoms with E-state index < -0.39 is 0 Å². The van der Waals surface area contributed by atoms with E-state index >= 15 is 0 Å². The van der Waals surface area contributed by atoms with Gasteiger partial charge in [0.1, 0.15) is 6.61 Å². The van der Waals surface area contributed by atoms with Crippen LogP contribution in [-0.4, -0.2) is 27.6 Å². The van der Waals surface area contributed by atoms with E-state index in [9.17, 15) is 0 Å². The third-order valence-corrected chi connectivity index (χ3v) is 3.47. The summed E-state index contributed by atoms with van der Waals surface area (Å²) in [6.45, 7) is 0.825. The molecule has 2 aromatic rings. The first-order chi connectivity index (χ1) is 9.11. The lowest BCUT2D eigenvalue weighted by Crippen LogP contribution is -2.12. The van der Waals surface area contributed by atoms with Crippen molar-refractivity contribution in [2.24, 2.45) is 0 Å². The van der Waals surface area contributed by atoms with Crippen molar-refractivity contribution in [3.8, 4) is 5.75 Å². The number of nitrogens with two attached hydrogens (primary N) is 1. The van der Waals surface area contributed by atoms with Crippen LogP contribution in [0.3, 0.4) is 0 Å². The number of rotatable bonds is 5. The van der Waals surface area contributed by atoms with Crippen molar-refractivity contribution in [1.82, 2.24) is 14.8 Å². The molecular formula is C11H12Cl2N4OS. The summed E-state index contributed by atoms with van der Waals surface area (Å²) in [6.07, 6.45) is 1.89. The van der Waals surface area contributed by atoms with E-state index in [4.69, 9.17) is 33.7 Å². The van der Waals surface area contributed by atoms with Gasteiger partial charge in [0, 0.05) is 0 Å². The van der Waals surface area contributed by atoms with Crippen molar-refractivity contribution in [2.75, 3.05) is 18.6 Å². The number of hydrogen-bond acceptors (Lipinski definition) is 5. The van der Waals surface area contributed by atoms with Gasteiger partial charge in [-0.1, -0.05) is 41.0 Å². The molecule has 0 bridgehead atoms. The first-order valence-corrected chi connectivity index (χ1v) is 7.41. The van der Waals surface area contributed by atoms with Gasteiger partial charge in [-0.3, -0.25) is 0 Å². The summed E-state index contributed by atoms with van der Waals surface area (Å²) >= 11 is 13.4. The van der Waals surface area contributed by atoms with Crippen LogP contribution in [0.1, 0.15) is 0 Å². The zero-order valence-corrected chi connectivity index (χ0v) is 12.5. The maximum Gasteiger partial charge on any atom is 0.219 e. The lowest BCUT2D eigenvalue weighted by Gasteiger charge is -2.09. The summed E-state index contributed by atoms with van der Waals surface area (Å²) in [5.41, 5.74) is 5.72. The number of halogens is 2. The molecule has 0 unspecified atom stereocenters. The zero-order valence-electron chi connectivity index (χ0n) is 10.1. The average molecular weight is 319 g/mol. The average Bonchev–Trinajstić information content (AvgIpc) is 2.74. The molecule has 1 heterocycles. The molecule has 0 aliphatic rings. The predicted octanol–water partition coefficient (Wildman–Crippen LogP) is 2.97.